The molecule has 1 aromatic carbocycles. The number of nitrogens with one attached hydrogen (secondary N) is 1. The highest BCUT2D eigenvalue weighted by atomic mass is 19.1. The fourth-order valence-electron chi connectivity index (χ4n) is 2.38. The minimum atomic E-state index is -0.106. The summed E-state index contributed by atoms with van der Waals surface area (Å²) in [6.45, 7) is 9.18. The van der Waals surface area contributed by atoms with Crippen molar-refractivity contribution in [2.45, 2.75) is 45.3 Å². The molecule has 3 heteroatoms. The van der Waals surface area contributed by atoms with E-state index in [9.17, 15) is 4.39 Å². The van der Waals surface area contributed by atoms with Crippen molar-refractivity contribution in [3.63, 3.8) is 0 Å². The van der Waals surface area contributed by atoms with Crippen LogP contribution < -0.4 is 5.32 Å². The van der Waals surface area contributed by atoms with Crippen molar-refractivity contribution >= 4 is 0 Å². The summed E-state index contributed by atoms with van der Waals surface area (Å²) in [6, 6.07) is 6.15. The summed E-state index contributed by atoms with van der Waals surface area (Å²) in [6.07, 6.45) is 5.50. The summed E-state index contributed by atoms with van der Waals surface area (Å²) in [4.78, 5) is 2.23. The highest BCUT2D eigenvalue weighted by Gasteiger charge is 2.20. The Kier molecular flexibility index (Phi) is 5.74. The number of hydrogen-bond donors (Lipinski definition) is 1. The summed E-state index contributed by atoms with van der Waals surface area (Å²) in [5, 5.41) is 3.47. The first kappa shape index (κ1) is 15.2. The van der Waals surface area contributed by atoms with E-state index in [1.807, 2.05) is 18.2 Å². The van der Waals surface area contributed by atoms with E-state index in [0.717, 1.165) is 31.6 Å². The Bertz CT molecular complexity index is 441. The fraction of sp³-hybridized carbons (Fsp3) is 0.529. The molecule has 0 aromatic heterocycles. The van der Waals surface area contributed by atoms with Crippen LogP contribution in [0.2, 0.25) is 0 Å². The Morgan fingerprint density at radius 1 is 1.45 bits per heavy atom. The minimum absolute atomic E-state index is 0.106. The lowest BCUT2D eigenvalue weighted by molar-refractivity contribution is 0.290. The standard InChI is InChI=1S/C17H25FN2/c1-3-9-20(10-4-2)13-15-11-14(5-8-17(15)18)12-19-16-6-7-16/h3,5,8,11,16,19H,1,4,6-7,9-10,12-13H2,2H3. The second kappa shape index (κ2) is 7.55. The lowest BCUT2D eigenvalue weighted by Gasteiger charge is -2.20. The number of halogens is 1. The van der Waals surface area contributed by atoms with Crippen LogP contribution in [-0.4, -0.2) is 24.0 Å². The molecule has 1 aliphatic carbocycles. The van der Waals surface area contributed by atoms with Crippen molar-refractivity contribution in [2.24, 2.45) is 0 Å². The predicted molar refractivity (Wildman–Crippen MR) is 82.0 cm³/mol. The molecule has 1 N–H and O–H groups in total. The average molecular weight is 276 g/mol. The van der Waals surface area contributed by atoms with Crippen LogP contribution in [0.15, 0.2) is 30.9 Å². The number of rotatable bonds is 9. The Morgan fingerprint density at radius 2 is 2.25 bits per heavy atom. The van der Waals surface area contributed by atoms with Gasteiger partial charge in [-0.3, -0.25) is 4.90 Å². The first-order chi connectivity index (χ1) is 9.72. The van der Waals surface area contributed by atoms with Crippen LogP contribution in [-0.2, 0) is 13.1 Å². The van der Waals surface area contributed by atoms with E-state index in [4.69, 9.17) is 0 Å². The molecular formula is C17H25FN2. The maximum Gasteiger partial charge on any atom is 0.127 e. The fourth-order valence-corrected chi connectivity index (χ4v) is 2.38. The van der Waals surface area contributed by atoms with Gasteiger partial charge in [-0.05, 0) is 37.4 Å². The van der Waals surface area contributed by atoms with Gasteiger partial charge in [-0.1, -0.05) is 25.1 Å². The van der Waals surface area contributed by atoms with Gasteiger partial charge in [-0.2, -0.15) is 0 Å². The number of benzene rings is 1. The molecule has 0 heterocycles. The Balaban J connectivity index is 1.99. The first-order valence-corrected chi connectivity index (χ1v) is 7.57. The smallest absolute Gasteiger partial charge is 0.127 e. The quantitative estimate of drug-likeness (QED) is 0.695. The molecule has 0 spiro atoms. The molecule has 2 rings (SSSR count). The van der Waals surface area contributed by atoms with Gasteiger partial charge < -0.3 is 5.32 Å². The molecule has 0 bridgehead atoms. The van der Waals surface area contributed by atoms with Crippen LogP contribution >= 0.6 is 0 Å². The summed E-state index contributed by atoms with van der Waals surface area (Å²) >= 11 is 0. The van der Waals surface area contributed by atoms with Gasteiger partial charge in [0.25, 0.3) is 0 Å². The van der Waals surface area contributed by atoms with Crippen molar-refractivity contribution < 1.29 is 4.39 Å². The van der Waals surface area contributed by atoms with Crippen LogP contribution in [0.5, 0.6) is 0 Å². The third kappa shape index (κ3) is 4.73. The van der Waals surface area contributed by atoms with Crippen molar-refractivity contribution in [1.82, 2.24) is 10.2 Å². The first-order valence-electron chi connectivity index (χ1n) is 7.57. The van der Waals surface area contributed by atoms with Crippen molar-refractivity contribution in [3.05, 3.63) is 47.8 Å². The largest absolute Gasteiger partial charge is 0.310 e. The van der Waals surface area contributed by atoms with E-state index in [1.165, 1.54) is 18.4 Å². The highest BCUT2D eigenvalue weighted by molar-refractivity contribution is 5.25. The molecule has 0 unspecified atom stereocenters. The van der Waals surface area contributed by atoms with E-state index < -0.39 is 0 Å². The minimum Gasteiger partial charge on any atom is -0.310 e. The molecule has 2 nitrogen and oxygen atoms in total. The van der Waals surface area contributed by atoms with E-state index in [0.29, 0.717) is 12.6 Å². The van der Waals surface area contributed by atoms with Crippen LogP contribution in [0.4, 0.5) is 4.39 Å². The van der Waals surface area contributed by atoms with Gasteiger partial charge in [0, 0.05) is 31.2 Å². The zero-order valence-electron chi connectivity index (χ0n) is 12.4. The average Bonchev–Trinajstić information content (AvgIpc) is 3.24. The monoisotopic (exact) mass is 276 g/mol. The second-order valence-electron chi connectivity index (χ2n) is 5.60. The molecule has 110 valence electrons. The maximum absolute atomic E-state index is 13.9. The molecule has 1 fully saturated rings. The summed E-state index contributed by atoms with van der Waals surface area (Å²) in [5.41, 5.74) is 1.96. The Hall–Kier alpha value is -1.19. The van der Waals surface area contributed by atoms with Gasteiger partial charge in [0.1, 0.15) is 5.82 Å². The third-order valence-corrected chi connectivity index (χ3v) is 3.60. The zero-order valence-corrected chi connectivity index (χ0v) is 12.4. The summed E-state index contributed by atoms with van der Waals surface area (Å²) in [5.74, 6) is -0.106. The topological polar surface area (TPSA) is 15.3 Å². The summed E-state index contributed by atoms with van der Waals surface area (Å²) < 4.78 is 13.9. The third-order valence-electron chi connectivity index (χ3n) is 3.60. The van der Waals surface area contributed by atoms with Crippen LogP contribution in [0.25, 0.3) is 0 Å². The maximum atomic E-state index is 13.9. The van der Waals surface area contributed by atoms with Gasteiger partial charge in [0.05, 0.1) is 0 Å². The molecule has 0 atom stereocenters. The van der Waals surface area contributed by atoms with Gasteiger partial charge in [-0.15, -0.1) is 6.58 Å². The SMILES string of the molecule is C=CCN(CCC)Cc1cc(CNC2CC2)ccc1F. The van der Waals surface area contributed by atoms with Gasteiger partial charge in [0.2, 0.25) is 0 Å². The highest BCUT2D eigenvalue weighted by Crippen LogP contribution is 2.20. The van der Waals surface area contributed by atoms with Crippen LogP contribution in [0, 0.1) is 5.82 Å². The molecule has 0 aliphatic heterocycles. The van der Waals surface area contributed by atoms with Crippen LogP contribution in [0.3, 0.4) is 0 Å². The zero-order chi connectivity index (χ0) is 14.4. The molecular weight excluding hydrogens is 251 g/mol. The Morgan fingerprint density at radius 3 is 2.90 bits per heavy atom. The second-order valence-corrected chi connectivity index (χ2v) is 5.60. The van der Waals surface area contributed by atoms with Crippen molar-refractivity contribution in [1.29, 1.82) is 0 Å². The van der Waals surface area contributed by atoms with Gasteiger partial charge in [0.15, 0.2) is 0 Å². The molecule has 0 amide bonds. The van der Waals surface area contributed by atoms with E-state index >= 15 is 0 Å². The lowest BCUT2D eigenvalue weighted by Crippen LogP contribution is -2.25. The number of nitrogens with zero attached hydrogens (tertiary/aromatic N) is 1. The van der Waals surface area contributed by atoms with Gasteiger partial charge in [-0.25, -0.2) is 4.39 Å². The van der Waals surface area contributed by atoms with E-state index in [-0.39, 0.29) is 5.82 Å². The van der Waals surface area contributed by atoms with Gasteiger partial charge >= 0.3 is 0 Å². The molecule has 1 saturated carbocycles. The van der Waals surface area contributed by atoms with E-state index in [1.54, 1.807) is 6.07 Å². The predicted octanol–water partition coefficient (Wildman–Crippen LogP) is 3.48. The lowest BCUT2D eigenvalue weighted by atomic mass is 10.1. The molecule has 0 radical (unpaired) electrons. The van der Waals surface area contributed by atoms with Crippen molar-refractivity contribution in [2.75, 3.05) is 13.1 Å². The Labute approximate surface area is 121 Å². The number of hydrogen-bond acceptors (Lipinski definition) is 2. The van der Waals surface area contributed by atoms with Crippen molar-refractivity contribution in [3.8, 4) is 0 Å². The van der Waals surface area contributed by atoms with Crippen LogP contribution in [0.1, 0.15) is 37.3 Å². The van der Waals surface area contributed by atoms with E-state index in [2.05, 4.69) is 23.7 Å². The molecule has 1 aliphatic rings. The normalized spacial score (nSPS) is 14.8. The summed E-state index contributed by atoms with van der Waals surface area (Å²) in [7, 11) is 0. The molecule has 20 heavy (non-hydrogen) atoms. The molecule has 1 aromatic rings. The molecule has 0 saturated heterocycles.